The van der Waals surface area contributed by atoms with Crippen LogP contribution in [0.1, 0.15) is 11.6 Å². The minimum absolute atomic E-state index is 0.115. The standard InChI is InChI=1S/C17H15N3O2/c21-14-8-4-1-5-10(14)16-15-13(9-18-17(15)22)19-11-6-2-3-7-12(11)20-16/h1-8,16,19-21H,9H2,(H,18,22)/t16-/m1/s1. The van der Waals surface area contributed by atoms with Crippen LogP contribution in [0.2, 0.25) is 0 Å². The Balaban J connectivity index is 1.90. The molecule has 0 unspecified atom stereocenters. The summed E-state index contributed by atoms with van der Waals surface area (Å²) in [5.41, 5.74) is 3.97. The number of hydrogen-bond acceptors (Lipinski definition) is 4. The molecule has 2 aromatic rings. The lowest BCUT2D eigenvalue weighted by molar-refractivity contribution is -0.116. The van der Waals surface area contributed by atoms with Crippen molar-refractivity contribution in [1.82, 2.24) is 5.32 Å². The van der Waals surface area contributed by atoms with Gasteiger partial charge in [-0.3, -0.25) is 4.79 Å². The Bertz CT molecular complexity index is 798. The predicted molar refractivity (Wildman–Crippen MR) is 84.6 cm³/mol. The number of phenolic OH excluding ortho intramolecular Hbond substituents is 1. The van der Waals surface area contributed by atoms with Crippen molar-refractivity contribution < 1.29 is 9.90 Å². The second kappa shape index (κ2) is 4.80. The van der Waals surface area contributed by atoms with E-state index in [9.17, 15) is 9.90 Å². The van der Waals surface area contributed by atoms with Crippen molar-refractivity contribution in [2.75, 3.05) is 17.2 Å². The molecule has 0 saturated heterocycles. The third-order valence-electron chi connectivity index (χ3n) is 4.04. The number of rotatable bonds is 1. The summed E-state index contributed by atoms with van der Waals surface area (Å²) >= 11 is 0. The molecule has 22 heavy (non-hydrogen) atoms. The number of carbonyl (C=O) groups is 1. The first-order valence-corrected chi connectivity index (χ1v) is 7.16. The highest BCUT2D eigenvalue weighted by Gasteiger charge is 2.34. The first-order valence-electron chi connectivity index (χ1n) is 7.16. The van der Waals surface area contributed by atoms with Crippen molar-refractivity contribution in [2.24, 2.45) is 0 Å². The molecule has 0 bridgehead atoms. The summed E-state index contributed by atoms with van der Waals surface area (Å²) in [7, 11) is 0. The second-order valence-electron chi connectivity index (χ2n) is 5.38. The van der Waals surface area contributed by atoms with E-state index in [-0.39, 0.29) is 11.7 Å². The van der Waals surface area contributed by atoms with Gasteiger partial charge in [-0.15, -0.1) is 0 Å². The number of aromatic hydroxyl groups is 1. The lowest BCUT2D eigenvalue weighted by Gasteiger charge is -2.21. The molecule has 4 N–H and O–H groups in total. The molecule has 2 aromatic carbocycles. The van der Waals surface area contributed by atoms with E-state index in [2.05, 4.69) is 16.0 Å². The van der Waals surface area contributed by atoms with Gasteiger partial charge in [-0.25, -0.2) is 0 Å². The van der Waals surface area contributed by atoms with Crippen LogP contribution < -0.4 is 16.0 Å². The molecule has 2 heterocycles. The zero-order valence-corrected chi connectivity index (χ0v) is 11.8. The lowest BCUT2D eigenvalue weighted by Crippen LogP contribution is -2.24. The first-order chi connectivity index (χ1) is 10.7. The Hall–Kier alpha value is -2.95. The fourth-order valence-electron chi connectivity index (χ4n) is 2.99. The van der Waals surface area contributed by atoms with Crippen LogP contribution in [-0.4, -0.2) is 17.6 Å². The molecule has 5 heteroatoms. The number of carbonyl (C=O) groups excluding carboxylic acids is 1. The Morgan fingerprint density at radius 3 is 2.55 bits per heavy atom. The van der Waals surface area contributed by atoms with Crippen LogP contribution in [0.3, 0.4) is 0 Å². The molecule has 0 fully saturated rings. The molecule has 2 aliphatic heterocycles. The Morgan fingerprint density at radius 2 is 1.73 bits per heavy atom. The van der Waals surface area contributed by atoms with Gasteiger partial charge in [-0.2, -0.15) is 0 Å². The van der Waals surface area contributed by atoms with E-state index in [1.807, 2.05) is 36.4 Å². The van der Waals surface area contributed by atoms with Gasteiger partial charge in [0, 0.05) is 11.3 Å². The maximum absolute atomic E-state index is 12.3. The van der Waals surface area contributed by atoms with Crippen LogP contribution >= 0.6 is 0 Å². The molecule has 1 amide bonds. The van der Waals surface area contributed by atoms with Gasteiger partial charge in [0.15, 0.2) is 0 Å². The van der Waals surface area contributed by atoms with Crippen LogP contribution in [0.4, 0.5) is 11.4 Å². The fourth-order valence-corrected chi connectivity index (χ4v) is 2.99. The Labute approximate surface area is 127 Å². The first kappa shape index (κ1) is 12.8. The van der Waals surface area contributed by atoms with E-state index >= 15 is 0 Å². The minimum atomic E-state index is -0.394. The summed E-state index contributed by atoms with van der Waals surface area (Å²) in [5.74, 6) is 0.0574. The summed E-state index contributed by atoms with van der Waals surface area (Å²) in [5, 5.41) is 19.7. The SMILES string of the molecule is O=C1NCC2=C1[C@@H](c1ccccc1O)Nc1ccccc1N2. The molecule has 0 radical (unpaired) electrons. The summed E-state index contributed by atoms with van der Waals surface area (Å²) in [6.45, 7) is 0.467. The molecule has 0 spiro atoms. The largest absolute Gasteiger partial charge is 0.508 e. The number of benzene rings is 2. The molecular formula is C17H15N3O2. The van der Waals surface area contributed by atoms with Crippen LogP contribution in [0, 0.1) is 0 Å². The van der Waals surface area contributed by atoms with E-state index in [1.165, 1.54) is 0 Å². The average Bonchev–Trinajstić information content (AvgIpc) is 2.79. The summed E-state index contributed by atoms with van der Waals surface area (Å²) in [6, 6.07) is 14.5. The highest BCUT2D eigenvalue weighted by atomic mass is 16.3. The molecule has 0 aliphatic carbocycles. The Morgan fingerprint density at radius 1 is 1.00 bits per heavy atom. The molecule has 110 valence electrons. The molecule has 2 aliphatic rings. The summed E-state index contributed by atoms with van der Waals surface area (Å²) < 4.78 is 0. The molecule has 1 atom stereocenters. The molecule has 4 rings (SSSR count). The summed E-state index contributed by atoms with van der Waals surface area (Å²) in [6.07, 6.45) is 0. The normalized spacial score (nSPS) is 19.5. The van der Waals surface area contributed by atoms with Crippen molar-refractivity contribution in [3.8, 4) is 5.75 Å². The number of fused-ring (bicyclic) bond motifs is 1. The maximum Gasteiger partial charge on any atom is 0.251 e. The third-order valence-corrected chi connectivity index (χ3v) is 4.04. The summed E-state index contributed by atoms with van der Waals surface area (Å²) in [4.78, 5) is 12.3. The zero-order valence-electron chi connectivity index (χ0n) is 11.8. The minimum Gasteiger partial charge on any atom is -0.508 e. The number of nitrogens with one attached hydrogen (secondary N) is 3. The van der Waals surface area contributed by atoms with Crippen LogP contribution in [-0.2, 0) is 4.79 Å². The highest BCUT2D eigenvalue weighted by molar-refractivity contribution is 6.01. The quantitative estimate of drug-likeness (QED) is 0.651. The van der Waals surface area contributed by atoms with Crippen LogP contribution in [0.15, 0.2) is 59.8 Å². The highest BCUT2D eigenvalue weighted by Crippen LogP contribution is 2.40. The second-order valence-corrected chi connectivity index (χ2v) is 5.38. The average molecular weight is 293 g/mol. The van der Waals surface area contributed by atoms with E-state index in [1.54, 1.807) is 12.1 Å². The van der Waals surface area contributed by atoms with Crippen molar-refractivity contribution in [3.63, 3.8) is 0 Å². The number of para-hydroxylation sites is 3. The van der Waals surface area contributed by atoms with Gasteiger partial charge in [0.2, 0.25) is 0 Å². The van der Waals surface area contributed by atoms with Gasteiger partial charge in [0.1, 0.15) is 5.75 Å². The maximum atomic E-state index is 12.3. The smallest absolute Gasteiger partial charge is 0.251 e. The van der Waals surface area contributed by atoms with Crippen LogP contribution in [0.5, 0.6) is 5.75 Å². The van der Waals surface area contributed by atoms with E-state index in [0.717, 1.165) is 17.1 Å². The van der Waals surface area contributed by atoms with Gasteiger partial charge in [0.05, 0.1) is 29.5 Å². The lowest BCUT2D eigenvalue weighted by atomic mass is 9.97. The molecule has 5 nitrogen and oxygen atoms in total. The van der Waals surface area contributed by atoms with Gasteiger partial charge in [-0.1, -0.05) is 30.3 Å². The van der Waals surface area contributed by atoms with E-state index < -0.39 is 6.04 Å². The fraction of sp³-hybridized carbons (Fsp3) is 0.118. The zero-order chi connectivity index (χ0) is 15.1. The number of phenols is 1. The monoisotopic (exact) mass is 293 g/mol. The Kier molecular flexibility index (Phi) is 2.79. The van der Waals surface area contributed by atoms with Crippen LogP contribution in [0.25, 0.3) is 0 Å². The van der Waals surface area contributed by atoms with Gasteiger partial charge < -0.3 is 21.1 Å². The number of anilines is 2. The van der Waals surface area contributed by atoms with Crippen molar-refractivity contribution in [2.45, 2.75) is 6.04 Å². The molecular weight excluding hydrogens is 278 g/mol. The topological polar surface area (TPSA) is 73.4 Å². The molecule has 0 saturated carbocycles. The number of amides is 1. The number of hydrogen-bond donors (Lipinski definition) is 4. The molecule has 0 aromatic heterocycles. The third kappa shape index (κ3) is 1.90. The van der Waals surface area contributed by atoms with Gasteiger partial charge >= 0.3 is 0 Å². The predicted octanol–water partition coefficient (Wildman–Crippen LogP) is 2.35. The van der Waals surface area contributed by atoms with Gasteiger partial charge in [0.25, 0.3) is 5.91 Å². The van der Waals surface area contributed by atoms with Crippen molar-refractivity contribution >= 4 is 17.3 Å². The van der Waals surface area contributed by atoms with Gasteiger partial charge in [-0.05, 0) is 18.2 Å². The van der Waals surface area contributed by atoms with E-state index in [0.29, 0.717) is 17.7 Å². The van der Waals surface area contributed by atoms with Crippen molar-refractivity contribution in [3.05, 3.63) is 65.4 Å². The van der Waals surface area contributed by atoms with E-state index in [4.69, 9.17) is 0 Å². The van der Waals surface area contributed by atoms with Crippen molar-refractivity contribution in [1.29, 1.82) is 0 Å².